The van der Waals surface area contributed by atoms with Crippen molar-refractivity contribution in [2.24, 2.45) is 0 Å². The summed E-state index contributed by atoms with van der Waals surface area (Å²) in [6, 6.07) is 0. The summed E-state index contributed by atoms with van der Waals surface area (Å²) < 4.78 is 5.27. The fourth-order valence-corrected chi connectivity index (χ4v) is 2.25. The minimum atomic E-state index is 0.641. The maximum absolute atomic E-state index is 5.27. The summed E-state index contributed by atoms with van der Waals surface area (Å²) in [5.41, 5.74) is 0.874. The van der Waals surface area contributed by atoms with Crippen LogP contribution in [0, 0.1) is 0 Å². The van der Waals surface area contributed by atoms with E-state index in [1.54, 1.807) is 30.8 Å². The molecular weight excluding hydrogens is 250 g/mol. The highest BCUT2D eigenvalue weighted by Gasteiger charge is 2.12. The van der Waals surface area contributed by atoms with Gasteiger partial charge in [0, 0.05) is 14.1 Å². The van der Waals surface area contributed by atoms with Gasteiger partial charge >= 0.3 is 0 Å². The number of hydrogen-bond acceptors (Lipinski definition) is 7. The van der Waals surface area contributed by atoms with Crippen molar-refractivity contribution >= 4 is 22.2 Å². The zero-order chi connectivity index (χ0) is 13.0. The first-order valence-electron chi connectivity index (χ1n) is 5.40. The Morgan fingerprint density at radius 2 is 2.06 bits per heavy atom. The summed E-state index contributed by atoms with van der Waals surface area (Å²) in [6.45, 7) is 0.641. The fourth-order valence-electron chi connectivity index (χ4n) is 1.36. The molecule has 96 valence electrons. The standard InChI is InChI=1S/C11H15N5OS/c1-16(2)11-15-10(17-3)9(18-11)6-14-8-4-12-7-13-5-8/h4-5,7,14H,6H2,1-3H3. The Balaban J connectivity index is 2.09. The Kier molecular flexibility index (Phi) is 3.93. The van der Waals surface area contributed by atoms with Crippen LogP contribution in [0.2, 0.25) is 0 Å². The first-order valence-corrected chi connectivity index (χ1v) is 6.22. The van der Waals surface area contributed by atoms with Crippen molar-refractivity contribution in [1.29, 1.82) is 0 Å². The molecule has 2 rings (SSSR count). The fraction of sp³-hybridized carbons (Fsp3) is 0.364. The number of thiazole rings is 1. The third-order valence-electron chi connectivity index (χ3n) is 2.24. The maximum atomic E-state index is 5.27. The third-order valence-corrected chi connectivity index (χ3v) is 3.44. The molecule has 0 amide bonds. The van der Waals surface area contributed by atoms with Crippen LogP contribution in [-0.2, 0) is 6.54 Å². The van der Waals surface area contributed by atoms with E-state index in [9.17, 15) is 0 Å². The molecule has 0 radical (unpaired) electrons. The molecule has 7 heteroatoms. The van der Waals surface area contributed by atoms with Gasteiger partial charge < -0.3 is 15.0 Å². The average molecular weight is 265 g/mol. The van der Waals surface area contributed by atoms with Gasteiger partial charge in [-0.05, 0) is 0 Å². The van der Waals surface area contributed by atoms with Gasteiger partial charge in [-0.1, -0.05) is 11.3 Å². The highest BCUT2D eigenvalue weighted by atomic mass is 32.1. The van der Waals surface area contributed by atoms with Gasteiger partial charge in [-0.25, -0.2) is 9.97 Å². The number of anilines is 2. The maximum Gasteiger partial charge on any atom is 0.231 e. The SMILES string of the molecule is COc1nc(N(C)C)sc1CNc1cncnc1. The number of hydrogen-bond donors (Lipinski definition) is 1. The normalized spacial score (nSPS) is 10.2. The lowest BCUT2D eigenvalue weighted by Crippen LogP contribution is -2.07. The van der Waals surface area contributed by atoms with Crippen LogP contribution >= 0.6 is 11.3 Å². The molecule has 0 saturated carbocycles. The first-order chi connectivity index (χ1) is 8.70. The number of methoxy groups -OCH3 is 1. The zero-order valence-electron chi connectivity index (χ0n) is 10.5. The quantitative estimate of drug-likeness (QED) is 0.886. The zero-order valence-corrected chi connectivity index (χ0v) is 11.4. The molecule has 18 heavy (non-hydrogen) atoms. The van der Waals surface area contributed by atoms with Crippen molar-refractivity contribution in [3.63, 3.8) is 0 Å². The average Bonchev–Trinajstić information content (AvgIpc) is 2.81. The van der Waals surface area contributed by atoms with E-state index < -0.39 is 0 Å². The number of nitrogens with one attached hydrogen (secondary N) is 1. The van der Waals surface area contributed by atoms with Crippen LogP contribution in [0.5, 0.6) is 5.88 Å². The molecule has 2 aromatic rings. The molecule has 0 aromatic carbocycles. The lowest BCUT2D eigenvalue weighted by molar-refractivity contribution is 0.397. The molecule has 0 fully saturated rings. The highest BCUT2D eigenvalue weighted by Crippen LogP contribution is 2.30. The molecule has 2 heterocycles. The third kappa shape index (κ3) is 2.86. The van der Waals surface area contributed by atoms with E-state index in [1.807, 2.05) is 19.0 Å². The Bertz CT molecular complexity index is 499. The van der Waals surface area contributed by atoms with Gasteiger partial charge in [-0.3, -0.25) is 0 Å². The smallest absolute Gasteiger partial charge is 0.231 e. The van der Waals surface area contributed by atoms with Crippen LogP contribution in [0.25, 0.3) is 0 Å². The van der Waals surface area contributed by atoms with Crippen molar-refractivity contribution in [3.8, 4) is 5.88 Å². The Labute approximate surface area is 110 Å². The molecule has 0 atom stereocenters. The van der Waals surface area contributed by atoms with E-state index in [1.165, 1.54) is 6.33 Å². The molecule has 0 saturated heterocycles. The van der Waals surface area contributed by atoms with E-state index in [-0.39, 0.29) is 0 Å². The van der Waals surface area contributed by atoms with Gasteiger partial charge in [0.2, 0.25) is 5.88 Å². The van der Waals surface area contributed by atoms with E-state index >= 15 is 0 Å². The van der Waals surface area contributed by atoms with E-state index in [4.69, 9.17) is 4.74 Å². The predicted molar refractivity (Wildman–Crippen MR) is 72.4 cm³/mol. The molecule has 0 unspecified atom stereocenters. The van der Waals surface area contributed by atoms with Crippen molar-refractivity contribution in [1.82, 2.24) is 15.0 Å². The summed E-state index contributed by atoms with van der Waals surface area (Å²) in [7, 11) is 5.55. The summed E-state index contributed by atoms with van der Waals surface area (Å²) >= 11 is 1.60. The molecular formula is C11H15N5OS. The van der Waals surface area contributed by atoms with Crippen LogP contribution in [0.4, 0.5) is 10.8 Å². The van der Waals surface area contributed by atoms with Crippen LogP contribution < -0.4 is 15.0 Å². The Morgan fingerprint density at radius 3 is 2.67 bits per heavy atom. The lowest BCUT2D eigenvalue weighted by atomic mass is 10.4. The number of aromatic nitrogens is 3. The van der Waals surface area contributed by atoms with Crippen LogP contribution in [0.15, 0.2) is 18.7 Å². The first kappa shape index (κ1) is 12.6. The monoisotopic (exact) mass is 265 g/mol. The van der Waals surface area contributed by atoms with Gasteiger partial charge in [0.15, 0.2) is 5.13 Å². The summed E-state index contributed by atoms with van der Waals surface area (Å²) in [6.07, 6.45) is 4.96. The van der Waals surface area contributed by atoms with Crippen LogP contribution in [-0.4, -0.2) is 36.2 Å². The topological polar surface area (TPSA) is 63.2 Å². The molecule has 1 N–H and O–H groups in total. The van der Waals surface area contributed by atoms with Gasteiger partial charge in [0.25, 0.3) is 0 Å². The second kappa shape index (κ2) is 5.63. The number of nitrogens with zero attached hydrogens (tertiary/aromatic N) is 4. The molecule has 0 bridgehead atoms. The van der Waals surface area contributed by atoms with Crippen LogP contribution in [0.1, 0.15) is 4.88 Å². The van der Waals surface area contributed by atoms with E-state index in [2.05, 4.69) is 20.3 Å². The summed E-state index contributed by atoms with van der Waals surface area (Å²) in [4.78, 5) is 15.3. The molecule has 0 aliphatic carbocycles. The van der Waals surface area contributed by atoms with E-state index in [0.717, 1.165) is 15.7 Å². The minimum Gasteiger partial charge on any atom is -0.480 e. The summed E-state index contributed by atoms with van der Waals surface area (Å²) in [5, 5.41) is 4.16. The second-order valence-corrected chi connectivity index (χ2v) is 4.87. The molecule has 6 nitrogen and oxygen atoms in total. The second-order valence-electron chi connectivity index (χ2n) is 3.80. The predicted octanol–water partition coefficient (Wildman–Crippen LogP) is 1.62. The number of rotatable bonds is 5. The Hall–Kier alpha value is -1.89. The Morgan fingerprint density at radius 1 is 1.33 bits per heavy atom. The summed E-state index contributed by atoms with van der Waals surface area (Å²) in [5.74, 6) is 0.660. The van der Waals surface area contributed by atoms with Gasteiger partial charge in [0.1, 0.15) is 6.33 Å². The molecule has 0 aliphatic rings. The minimum absolute atomic E-state index is 0.641. The largest absolute Gasteiger partial charge is 0.480 e. The van der Waals surface area contributed by atoms with Gasteiger partial charge in [-0.2, -0.15) is 4.98 Å². The van der Waals surface area contributed by atoms with Crippen molar-refractivity contribution in [3.05, 3.63) is 23.6 Å². The van der Waals surface area contributed by atoms with Crippen molar-refractivity contribution in [2.45, 2.75) is 6.54 Å². The molecule has 0 spiro atoms. The number of ether oxygens (including phenoxy) is 1. The lowest BCUT2D eigenvalue weighted by Gasteiger charge is -2.05. The van der Waals surface area contributed by atoms with E-state index in [0.29, 0.717) is 12.4 Å². The van der Waals surface area contributed by atoms with Crippen LogP contribution in [0.3, 0.4) is 0 Å². The van der Waals surface area contributed by atoms with Crippen molar-refractivity contribution in [2.75, 3.05) is 31.4 Å². The van der Waals surface area contributed by atoms with Crippen molar-refractivity contribution < 1.29 is 4.74 Å². The molecule has 2 aromatic heterocycles. The highest BCUT2D eigenvalue weighted by molar-refractivity contribution is 7.15. The van der Waals surface area contributed by atoms with Gasteiger partial charge in [0.05, 0.1) is 36.6 Å². The van der Waals surface area contributed by atoms with Gasteiger partial charge in [-0.15, -0.1) is 0 Å². The molecule has 0 aliphatic heterocycles.